The number of alkyl halides is 2. The van der Waals surface area contributed by atoms with Gasteiger partial charge < -0.3 is 9.41 Å². The molecule has 13 heavy (non-hydrogen) atoms. The molecule has 0 fully saturated rings. The van der Waals surface area contributed by atoms with Crippen LogP contribution in [0.5, 0.6) is 0 Å². The van der Waals surface area contributed by atoms with Crippen molar-refractivity contribution in [2.45, 2.75) is 59.3 Å². The van der Waals surface area contributed by atoms with Crippen molar-refractivity contribution < 1.29 is 18.2 Å². The van der Waals surface area contributed by atoms with Crippen molar-refractivity contribution >= 4 is 0 Å². The standard InChI is InChI=1S/C5H10F2.C4H10.2FH/c1-3-5(6,7)4-2;1-3-4-2;;/h3-4H2,1-2H3;3-4H2,1-2H3;2*1H/p-2. The van der Waals surface area contributed by atoms with Gasteiger partial charge in [-0.15, -0.1) is 0 Å². The fourth-order valence-electron chi connectivity index (χ4n) is 0.250. The maximum Gasteiger partial charge on any atom is 0.247 e. The molecule has 86 valence electrons. The number of unbranched alkanes of at least 4 members (excludes halogenated alkanes) is 1. The van der Waals surface area contributed by atoms with E-state index in [1.54, 1.807) is 0 Å². The van der Waals surface area contributed by atoms with Crippen LogP contribution in [0.3, 0.4) is 0 Å². The van der Waals surface area contributed by atoms with Gasteiger partial charge in [-0.2, -0.15) is 0 Å². The highest BCUT2D eigenvalue weighted by Crippen LogP contribution is 2.20. The van der Waals surface area contributed by atoms with Gasteiger partial charge in [0, 0.05) is 12.8 Å². The molecule has 0 nitrogen and oxygen atoms in total. The van der Waals surface area contributed by atoms with E-state index < -0.39 is 5.92 Å². The molecule has 0 aliphatic rings. The molecular formula is C9H20F4-2. The second kappa shape index (κ2) is 14.3. The first kappa shape index (κ1) is 23.0. The minimum atomic E-state index is -2.42. The Hall–Kier alpha value is -0.280. The van der Waals surface area contributed by atoms with Crippen LogP contribution in [0.25, 0.3) is 0 Å². The number of halogens is 4. The Morgan fingerprint density at radius 3 is 1.00 bits per heavy atom. The van der Waals surface area contributed by atoms with Crippen LogP contribution in [0.1, 0.15) is 53.4 Å². The Morgan fingerprint density at radius 2 is 1.00 bits per heavy atom. The summed E-state index contributed by atoms with van der Waals surface area (Å²) < 4.78 is 23.8. The first-order chi connectivity index (χ1) is 5.04. The van der Waals surface area contributed by atoms with Gasteiger partial charge >= 0.3 is 0 Å². The summed E-state index contributed by atoms with van der Waals surface area (Å²) in [4.78, 5) is 0. The van der Waals surface area contributed by atoms with Crippen molar-refractivity contribution in [2.75, 3.05) is 0 Å². The van der Waals surface area contributed by atoms with E-state index in [1.807, 2.05) is 0 Å². The van der Waals surface area contributed by atoms with Gasteiger partial charge in [0.1, 0.15) is 0 Å². The molecule has 0 amide bonds. The van der Waals surface area contributed by atoms with Crippen LogP contribution in [0.15, 0.2) is 0 Å². The third-order valence-corrected chi connectivity index (χ3v) is 1.53. The summed E-state index contributed by atoms with van der Waals surface area (Å²) in [6, 6.07) is 0. The minimum absolute atomic E-state index is 0. The van der Waals surface area contributed by atoms with E-state index in [0.29, 0.717) is 0 Å². The molecule has 0 saturated carbocycles. The van der Waals surface area contributed by atoms with E-state index in [4.69, 9.17) is 0 Å². The van der Waals surface area contributed by atoms with Crippen molar-refractivity contribution in [2.24, 2.45) is 0 Å². The Labute approximate surface area is 78.5 Å². The van der Waals surface area contributed by atoms with Crippen LogP contribution in [0.4, 0.5) is 8.78 Å². The van der Waals surface area contributed by atoms with Crippen molar-refractivity contribution in [1.82, 2.24) is 0 Å². The van der Waals surface area contributed by atoms with Gasteiger partial charge in [-0.3, -0.25) is 0 Å². The zero-order valence-electron chi connectivity index (χ0n) is 8.84. The van der Waals surface area contributed by atoms with Gasteiger partial charge in [0.2, 0.25) is 5.92 Å². The van der Waals surface area contributed by atoms with Crippen LogP contribution in [-0.4, -0.2) is 5.92 Å². The first-order valence-corrected chi connectivity index (χ1v) is 4.41. The summed E-state index contributed by atoms with van der Waals surface area (Å²) in [7, 11) is 0. The lowest BCUT2D eigenvalue weighted by atomic mass is 10.2. The monoisotopic (exact) mass is 204 g/mol. The molecule has 0 aliphatic carbocycles. The largest absolute Gasteiger partial charge is 1.00 e. The van der Waals surface area contributed by atoms with Gasteiger partial charge in [-0.05, 0) is 0 Å². The summed E-state index contributed by atoms with van der Waals surface area (Å²) in [5, 5.41) is 0. The normalized spacial score (nSPS) is 8.77. The first-order valence-electron chi connectivity index (χ1n) is 4.41. The Bertz CT molecular complexity index is 66.0. The fraction of sp³-hybridized carbons (Fsp3) is 1.00. The lowest BCUT2D eigenvalue weighted by molar-refractivity contribution is -0.00662. The van der Waals surface area contributed by atoms with Gasteiger partial charge in [0.25, 0.3) is 0 Å². The van der Waals surface area contributed by atoms with Crippen molar-refractivity contribution in [1.29, 1.82) is 0 Å². The minimum Gasteiger partial charge on any atom is -1.00 e. The zero-order valence-corrected chi connectivity index (χ0v) is 8.84. The van der Waals surface area contributed by atoms with E-state index in [2.05, 4.69) is 13.8 Å². The topological polar surface area (TPSA) is 0 Å². The fourth-order valence-corrected chi connectivity index (χ4v) is 0.250. The summed E-state index contributed by atoms with van der Waals surface area (Å²) in [5.74, 6) is -2.42. The van der Waals surface area contributed by atoms with Crippen LogP contribution >= 0.6 is 0 Å². The van der Waals surface area contributed by atoms with Gasteiger partial charge in [-0.1, -0.05) is 40.5 Å². The average Bonchev–Trinajstić information content (AvgIpc) is 2.05. The lowest BCUT2D eigenvalue weighted by Crippen LogP contribution is -3.00. The molecule has 0 radical (unpaired) electrons. The van der Waals surface area contributed by atoms with Gasteiger partial charge in [0.15, 0.2) is 0 Å². The predicted molar refractivity (Wildman–Crippen MR) is 46.1 cm³/mol. The third-order valence-electron chi connectivity index (χ3n) is 1.53. The van der Waals surface area contributed by atoms with Crippen LogP contribution in [-0.2, 0) is 0 Å². The molecule has 0 rings (SSSR count). The summed E-state index contributed by atoms with van der Waals surface area (Å²) >= 11 is 0. The highest BCUT2D eigenvalue weighted by Gasteiger charge is 2.21. The maximum absolute atomic E-state index is 11.9. The average molecular weight is 204 g/mol. The smallest absolute Gasteiger partial charge is 0.247 e. The van der Waals surface area contributed by atoms with Crippen LogP contribution in [0, 0.1) is 0 Å². The number of hydrogen-bond donors (Lipinski definition) is 0. The molecule has 0 aromatic carbocycles. The molecule has 4 heteroatoms. The quantitative estimate of drug-likeness (QED) is 0.479. The molecule has 0 N–H and O–H groups in total. The lowest BCUT2D eigenvalue weighted by Gasteiger charge is -2.08. The molecule has 0 spiro atoms. The second-order valence-electron chi connectivity index (χ2n) is 2.56. The number of hydrogen-bond acceptors (Lipinski definition) is 0. The Balaban J connectivity index is -0.0000000600. The molecule has 0 aromatic heterocycles. The third kappa shape index (κ3) is 24.5. The SMILES string of the molecule is CCC(F)(F)CC.CCCC.[F-].[F-]. The van der Waals surface area contributed by atoms with Crippen LogP contribution in [0.2, 0.25) is 0 Å². The molecule has 0 atom stereocenters. The highest BCUT2D eigenvalue weighted by atomic mass is 19.3. The van der Waals surface area contributed by atoms with E-state index in [0.717, 1.165) is 0 Å². The van der Waals surface area contributed by atoms with E-state index in [-0.39, 0.29) is 22.3 Å². The van der Waals surface area contributed by atoms with Crippen LogP contribution < -0.4 is 9.41 Å². The molecule has 0 heterocycles. The summed E-state index contributed by atoms with van der Waals surface area (Å²) in [6.07, 6.45) is 2.56. The molecule has 0 saturated heterocycles. The summed E-state index contributed by atoms with van der Waals surface area (Å²) in [6.45, 7) is 7.34. The number of rotatable bonds is 3. The van der Waals surface area contributed by atoms with Gasteiger partial charge in [-0.25, -0.2) is 8.78 Å². The van der Waals surface area contributed by atoms with Crippen molar-refractivity contribution in [3.05, 3.63) is 0 Å². The van der Waals surface area contributed by atoms with E-state index in [1.165, 1.54) is 26.7 Å². The predicted octanol–water partition coefficient (Wildman–Crippen LogP) is -1.74. The molecule has 0 unspecified atom stereocenters. The molecule has 0 aliphatic heterocycles. The van der Waals surface area contributed by atoms with E-state index >= 15 is 0 Å². The molecule has 0 aromatic rings. The Morgan fingerprint density at radius 1 is 0.769 bits per heavy atom. The van der Waals surface area contributed by atoms with E-state index in [9.17, 15) is 8.78 Å². The molecule has 0 bridgehead atoms. The molecular weight excluding hydrogens is 184 g/mol. The van der Waals surface area contributed by atoms with Crippen molar-refractivity contribution in [3.8, 4) is 0 Å². The maximum atomic E-state index is 11.9. The summed E-state index contributed by atoms with van der Waals surface area (Å²) in [5.41, 5.74) is 0. The Kier molecular flexibility index (Phi) is 25.2. The van der Waals surface area contributed by atoms with Gasteiger partial charge in [0.05, 0.1) is 0 Å². The second-order valence-corrected chi connectivity index (χ2v) is 2.56. The highest BCUT2D eigenvalue weighted by molar-refractivity contribution is 4.57. The zero-order chi connectivity index (χ0) is 9.33. The van der Waals surface area contributed by atoms with Crippen molar-refractivity contribution in [3.63, 3.8) is 0 Å².